The van der Waals surface area contributed by atoms with Gasteiger partial charge in [0.15, 0.2) is 0 Å². The summed E-state index contributed by atoms with van der Waals surface area (Å²) < 4.78 is 12.0. The van der Waals surface area contributed by atoms with Crippen LogP contribution in [-0.2, 0) is 17.8 Å². The number of carbonyl (C=O) groups is 2. The van der Waals surface area contributed by atoms with Crippen LogP contribution in [0.25, 0.3) is 10.9 Å². The smallest absolute Gasteiger partial charge is 0.341 e. The number of nitrogens with zero attached hydrogens (tertiary/aromatic N) is 1. The Hall–Kier alpha value is -3.28. The highest BCUT2D eigenvalue weighted by Crippen LogP contribution is 2.22. The molecule has 0 unspecified atom stereocenters. The number of hydrogen-bond donors (Lipinski definition) is 1. The average molecular weight is 366 g/mol. The van der Waals surface area contributed by atoms with E-state index in [1.165, 1.54) is 14.2 Å². The Bertz CT molecular complexity index is 991. The van der Waals surface area contributed by atoms with Crippen LogP contribution in [0.15, 0.2) is 48.5 Å². The number of rotatable bonds is 6. The summed E-state index contributed by atoms with van der Waals surface area (Å²) in [4.78, 5) is 24.6. The molecule has 1 heterocycles. The van der Waals surface area contributed by atoms with Crippen LogP contribution >= 0.6 is 0 Å². The number of carbonyl (C=O) groups excluding carboxylic acids is 2. The summed E-state index contributed by atoms with van der Waals surface area (Å²) >= 11 is 0. The van der Waals surface area contributed by atoms with Gasteiger partial charge in [-0.25, -0.2) is 4.79 Å². The van der Waals surface area contributed by atoms with Crippen LogP contribution in [0, 0.1) is 0 Å². The van der Waals surface area contributed by atoms with Gasteiger partial charge in [0, 0.05) is 24.0 Å². The van der Waals surface area contributed by atoms with Gasteiger partial charge in [0.05, 0.1) is 14.2 Å². The molecule has 0 atom stereocenters. The molecule has 3 aromatic rings. The molecule has 0 saturated heterocycles. The molecular formula is C21H22N2O4. The summed E-state index contributed by atoms with van der Waals surface area (Å²) in [6.45, 7) is 3.00. The Morgan fingerprint density at radius 2 is 1.85 bits per heavy atom. The number of methoxy groups -OCH3 is 2. The molecule has 0 aliphatic rings. The first kappa shape index (κ1) is 18.5. The molecule has 6 nitrogen and oxygen atoms in total. The summed E-state index contributed by atoms with van der Waals surface area (Å²) in [7, 11) is 2.81. The van der Waals surface area contributed by atoms with Crippen molar-refractivity contribution in [2.45, 2.75) is 20.0 Å². The minimum Gasteiger partial charge on any atom is -0.496 e. The van der Waals surface area contributed by atoms with Gasteiger partial charge in [0.2, 0.25) is 0 Å². The van der Waals surface area contributed by atoms with E-state index in [2.05, 4.69) is 5.32 Å². The number of para-hydroxylation sites is 1. The van der Waals surface area contributed by atoms with Crippen molar-refractivity contribution >= 4 is 22.8 Å². The quantitative estimate of drug-likeness (QED) is 0.679. The Labute approximate surface area is 157 Å². The predicted molar refractivity (Wildman–Crippen MR) is 103 cm³/mol. The molecule has 6 heteroatoms. The lowest BCUT2D eigenvalue weighted by molar-refractivity contribution is 0.0597. The van der Waals surface area contributed by atoms with Gasteiger partial charge in [-0.1, -0.05) is 24.3 Å². The van der Waals surface area contributed by atoms with Crippen LogP contribution in [0.5, 0.6) is 5.75 Å². The van der Waals surface area contributed by atoms with E-state index < -0.39 is 5.97 Å². The monoisotopic (exact) mass is 366 g/mol. The zero-order valence-corrected chi connectivity index (χ0v) is 15.6. The fourth-order valence-corrected chi connectivity index (χ4v) is 3.15. The highest BCUT2D eigenvalue weighted by molar-refractivity contribution is 5.98. The number of benzene rings is 2. The molecule has 140 valence electrons. The summed E-state index contributed by atoms with van der Waals surface area (Å²) in [5.74, 6) is -0.211. The molecule has 0 aliphatic heterocycles. The Kier molecular flexibility index (Phi) is 5.45. The standard InChI is InChI=1S/C21H22N2O4/c1-4-23-17-8-6-5-7-15(17)12-18(23)20(24)22-13-14-9-10-19(26-2)16(11-14)21(25)27-3/h5-12H,4,13H2,1-3H3,(H,22,24). The Morgan fingerprint density at radius 3 is 2.56 bits per heavy atom. The van der Waals surface area contributed by atoms with E-state index in [1.54, 1.807) is 18.2 Å². The molecule has 0 spiro atoms. The van der Waals surface area contributed by atoms with E-state index in [0.29, 0.717) is 23.6 Å². The zero-order valence-electron chi connectivity index (χ0n) is 15.6. The largest absolute Gasteiger partial charge is 0.496 e. The number of esters is 1. The van der Waals surface area contributed by atoms with Crippen molar-refractivity contribution in [1.82, 2.24) is 9.88 Å². The highest BCUT2D eigenvalue weighted by Gasteiger charge is 2.16. The number of fused-ring (bicyclic) bond motifs is 1. The maximum atomic E-state index is 12.7. The molecule has 0 radical (unpaired) electrons. The number of amides is 1. The second kappa shape index (κ2) is 7.95. The van der Waals surface area contributed by atoms with Crippen molar-refractivity contribution in [3.8, 4) is 5.75 Å². The molecule has 1 N–H and O–H groups in total. The molecule has 0 saturated carbocycles. The van der Waals surface area contributed by atoms with Crippen molar-refractivity contribution < 1.29 is 19.1 Å². The van der Waals surface area contributed by atoms with Crippen LogP contribution in [0.4, 0.5) is 0 Å². The van der Waals surface area contributed by atoms with Crippen LogP contribution in [-0.4, -0.2) is 30.7 Å². The fraction of sp³-hybridized carbons (Fsp3) is 0.238. The summed E-state index contributed by atoms with van der Waals surface area (Å²) in [6, 6.07) is 15.0. The molecule has 3 rings (SSSR count). The fourth-order valence-electron chi connectivity index (χ4n) is 3.15. The van der Waals surface area contributed by atoms with Crippen molar-refractivity contribution in [2.75, 3.05) is 14.2 Å². The van der Waals surface area contributed by atoms with E-state index in [0.717, 1.165) is 16.5 Å². The van der Waals surface area contributed by atoms with E-state index in [1.807, 2.05) is 41.8 Å². The number of aryl methyl sites for hydroxylation is 1. The number of ether oxygens (including phenoxy) is 2. The summed E-state index contributed by atoms with van der Waals surface area (Å²) in [5.41, 5.74) is 2.75. The predicted octanol–water partition coefficient (Wildman–Crippen LogP) is 3.39. The van der Waals surface area contributed by atoms with Gasteiger partial charge in [-0.05, 0) is 36.8 Å². The van der Waals surface area contributed by atoms with Crippen LogP contribution in [0.2, 0.25) is 0 Å². The maximum Gasteiger partial charge on any atom is 0.341 e. The second-order valence-corrected chi connectivity index (χ2v) is 6.04. The third-order valence-electron chi connectivity index (χ3n) is 4.48. The van der Waals surface area contributed by atoms with Gasteiger partial charge in [0.1, 0.15) is 17.0 Å². The van der Waals surface area contributed by atoms with Crippen molar-refractivity contribution in [3.63, 3.8) is 0 Å². The molecule has 1 amide bonds. The van der Waals surface area contributed by atoms with E-state index >= 15 is 0 Å². The van der Waals surface area contributed by atoms with Gasteiger partial charge in [0.25, 0.3) is 5.91 Å². The van der Waals surface area contributed by atoms with Crippen LogP contribution < -0.4 is 10.1 Å². The third-order valence-corrected chi connectivity index (χ3v) is 4.48. The van der Waals surface area contributed by atoms with Crippen molar-refractivity contribution in [2.24, 2.45) is 0 Å². The van der Waals surface area contributed by atoms with E-state index in [-0.39, 0.29) is 12.5 Å². The molecule has 2 aromatic carbocycles. The SMILES string of the molecule is CCn1c(C(=O)NCc2ccc(OC)c(C(=O)OC)c2)cc2ccccc21. The maximum absolute atomic E-state index is 12.7. The summed E-state index contributed by atoms with van der Waals surface area (Å²) in [6.07, 6.45) is 0. The topological polar surface area (TPSA) is 69.6 Å². The Morgan fingerprint density at radius 1 is 1.07 bits per heavy atom. The Balaban J connectivity index is 1.81. The first-order valence-electron chi connectivity index (χ1n) is 8.70. The first-order chi connectivity index (χ1) is 13.1. The van der Waals surface area contributed by atoms with Crippen molar-refractivity contribution in [3.05, 3.63) is 65.4 Å². The number of nitrogens with one attached hydrogen (secondary N) is 1. The molecular weight excluding hydrogens is 344 g/mol. The zero-order chi connectivity index (χ0) is 19.4. The molecule has 0 bridgehead atoms. The minimum absolute atomic E-state index is 0.163. The van der Waals surface area contributed by atoms with E-state index in [9.17, 15) is 9.59 Å². The molecule has 27 heavy (non-hydrogen) atoms. The first-order valence-corrected chi connectivity index (χ1v) is 8.70. The minimum atomic E-state index is -0.480. The summed E-state index contributed by atoms with van der Waals surface area (Å²) in [5, 5.41) is 3.95. The molecule has 0 aliphatic carbocycles. The van der Waals surface area contributed by atoms with Crippen LogP contribution in [0.1, 0.15) is 33.3 Å². The average Bonchev–Trinajstić information content (AvgIpc) is 3.09. The lowest BCUT2D eigenvalue weighted by atomic mass is 10.1. The number of aromatic nitrogens is 1. The van der Waals surface area contributed by atoms with Gasteiger partial charge in [-0.3, -0.25) is 4.79 Å². The lowest BCUT2D eigenvalue weighted by Gasteiger charge is -2.11. The van der Waals surface area contributed by atoms with Crippen molar-refractivity contribution in [1.29, 1.82) is 0 Å². The van der Waals surface area contributed by atoms with Gasteiger partial charge in [-0.2, -0.15) is 0 Å². The van der Waals surface area contributed by atoms with Gasteiger partial charge < -0.3 is 19.4 Å². The third kappa shape index (κ3) is 3.65. The lowest BCUT2D eigenvalue weighted by Crippen LogP contribution is -2.25. The van der Waals surface area contributed by atoms with Crippen LogP contribution in [0.3, 0.4) is 0 Å². The number of hydrogen-bond acceptors (Lipinski definition) is 4. The molecule has 1 aromatic heterocycles. The highest BCUT2D eigenvalue weighted by atomic mass is 16.5. The second-order valence-electron chi connectivity index (χ2n) is 6.04. The van der Waals surface area contributed by atoms with Gasteiger partial charge in [-0.15, -0.1) is 0 Å². The van der Waals surface area contributed by atoms with E-state index in [4.69, 9.17) is 9.47 Å². The molecule has 0 fully saturated rings. The normalized spacial score (nSPS) is 10.6. The van der Waals surface area contributed by atoms with Gasteiger partial charge >= 0.3 is 5.97 Å².